The van der Waals surface area contributed by atoms with Crippen LogP contribution in [-0.2, 0) is 13.0 Å². The minimum atomic E-state index is 0.961. The van der Waals surface area contributed by atoms with Crippen LogP contribution in [-0.4, -0.2) is 20.5 Å². The number of rotatable bonds is 8. The van der Waals surface area contributed by atoms with Gasteiger partial charge in [-0.3, -0.25) is 0 Å². The zero-order valence-electron chi connectivity index (χ0n) is 11.7. The zero-order valence-corrected chi connectivity index (χ0v) is 11.7. The van der Waals surface area contributed by atoms with E-state index in [1.807, 2.05) is 13.0 Å². The number of hydrogen-bond donors (Lipinski definition) is 1. The van der Waals surface area contributed by atoms with E-state index in [9.17, 15) is 0 Å². The Morgan fingerprint density at radius 2 is 1.94 bits per heavy atom. The monoisotopic (exact) mass is 241 g/mol. The Morgan fingerprint density at radius 3 is 2.56 bits per heavy atom. The maximum atomic E-state index is 3.83. The van der Waals surface area contributed by atoms with E-state index in [0.717, 1.165) is 13.0 Å². The molecule has 0 aliphatic rings. The molecular weight excluding hydrogens is 217 g/mol. The van der Waals surface area contributed by atoms with Crippen molar-refractivity contribution < 1.29 is 0 Å². The molecule has 0 saturated heterocycles. The van der Waals surface area contributed by atoms with Gasteiger partial charge in [-0.25, -0.2) is 0 Å². The summed E-state index contributed by atoms with van der Waals surface area (Å²) in [6.45, 7) is 3.04. The van der Waals surface area contributed by atoms with Crippen LogP contribution in [0.5, 0.6) is 0 Å². The number of hydrogen-bond acceptors (Lipinski definition) is 1. The van der Waals surface area contributed by atoms with E-state index in [1.165, 1.54) is 36.0 Å². The molecule has 0 radical (unpaired) electrons. The first kappa shape index (κ1) is 14.9. The Balaban J connectivity index is 2.41. The standard InChI is InChI=1S/C16H24BN/c1-3-14(12-17)8-4-5-9-15-10-6-7-11-16(15)13-18-2/h3,6-7,10-12,17-18H,4-5,8-9,13H2,1-2H3/b14-3-. The second-order valence-electron chi connectivity index (χ2n) is 4.57. The molecule has 2 heteroatoms. The molecule has 0 heterocycles. The van der Waals surface area contributed by atoms with Gasteiger partial charge in [-0.05, 0) is 0 Å². The van der Waals surface area contributed by atoms with Crippen LogP contribution in [0.2, 0.25) is 0 Å². The van der Waals surface area contributed by atoms with E-state index < -0.39 is 0 Å². The molecule has 0 atom stereocenters. The molecule has 0 spiro atoms. The van der Waals surface area contributed by atoms with Crippen LogP contribution in [0.4, 0.5) is 0 Å². The van der Waals surface area contributed by atoms with E-state index in [2.05, 4.69) is 50.1 Å². The molecule has 1 rings (SSSR count). The molecular formula is C16H24BN. The van der Waals surface area contributed by atoms with Crippen molar-refractivity contribution in [1.82, 2.24) is 5.32 Å². The number of allylic oxidation sites excluding steroid dienone is 2. The van der Waals surface area contributed by atoms with Gasteiger partial charge < -0.3 is 0 Å². The topological polar surface area (TPSA) is 12.0 Å². The summed E-state index contributed by atoms with van der Waals surface area (Å²) in [4.78, 5) is 0. The molecule has 96 valence electrons. The van der Waals surface area contributed by atoms with Gasteiger partial charge in [0, 0.05) is 0 Å². The van der Waals surface area contributed by atoms with Crippen LogP contribution in [0.3, 0.4) is 0 Å². The molecule has 1 aromatic carbocycles. The van der Waals surface area contributed by atoms with Gasteiger partial charge in [0.1, 0.15) is 0 Å². The summed E-state index contributed by atoms with van der Waals surface area (Å²) in [5.74, 6) is 1.97. The van der Waals surface area contributed by atoms with Crippen LogP contribution >= 0.6 is 0 Å². The Hall–Kier alpha value is -1.15. The molecule has 1 nitrogen and oxygen atoms in total. The van der Waals surface area contributed by atoms with Crippen molar-refractivity contribution in [3.8, 4) is 0 Å². The third kappa shape index (κ3) is 5.01. The van der Waals surface area contributed by atoms with Crippen LogP contribution in [0.15, 0.2) is 35.9 Å². The van der Waals surface area contributed by atoms with E-state index in [1.54, 1.807) is 0 Å². The molecule has 0 amide bonds. The van der Waals surface area contributed by atoms with Gasteiger partial charge >= 0.3 is 112 Å². The fourth-order valence-electron chi connectivity index (χ4n) is 2.17. The molecule has 0 fully saturated rings. The van der Waals surface area contributed by atoms with Crippen LogP contribution in [0.1, 0.15) is 37.3 Å². The second-order valence-corrected chi connectivity index (χ2v) is 4.57. The Kier molecular flexibility index (Phi) is 7.35. The van der Waals surface area contributed by atoms with Crippen molar-refractivity contribution in [2.75, 3.05) is 7.05 Å². The fraction of sp³-hybridized carbons (Fsp3) is 0.438. The van der Waals surface area contributed by atoms with Crippen molar-refractivity contribution in [2.45, 2.75) is 39.2 Å². The quantitative estimate of drug-likeness (QED) is 0.545. The van der Waals surface area contributed by atoms with Gasteiger partial charge in [-0.2, -0.15) is 0 Å². The maximum absolute atomic E-state index is 3.83. The van der Waals surface area contributed by atoms with Crippen LogP contribution in [0, 0.1) is 0 Å². The summed E-state index contributed by atoms with van der Waals surface area (Å²) in [5, 5.41) is 3.23. The molecule has 0 saturated carbocycles. The van der Waals surface area contributed by atoms with E-state index in [-0.39, 0.29) is 0 Å². The average molecular weight is 241 g/mol. The van der Waals surface area contributed by atoms with Crippen molar-refractivity contribution in [3.63, 3.8) is 0 Å². The molecule has 18 heavy (non-hydrogen) atoms. The predicted molar refractivity (Wildman–Crippen MR) is 83.7 cm³/mol. The average Bonchev–Trinajstić information content (AvgIpc) is 2.41. The van der Waals surface area contributed by atoms with Crippen molar-refractivity contribution in [3.05, 3.63) is 47.0 Å². The summed E-state index contributed by atoms with van der Waals surface area (Å²) >= 11 is 0. The fourth-order valence-corrected chi connectivity index (χ4v) is 2.17. The molecule has 0 unspecified atom stereocenters. The summed E-state index contributed by atoms with van der Waals surface area (Å²) in [7, 11) is 5.83. The van der Waals surface area contributed by atoms with E-state index >= 15 is 0 Å². The SMILES string of the molecule is B=C/C(=C\C)CCCCc1ccccc1CNC. The van der Waals surface area contributed by atoms with Gasteiger partial charge in [0.15, 0.2) is 0 Å². The third-order valence-corrected chi connectivity index (χ3v) is 3.28. The van der Waals surface area contributed by atoms with Gasteiger partial charge in [0.25, 0.3) is 0 Å². The summed E-state index contributed by atoms with van der Waals surface area (Å²) < 4.78 is 0. The summed E-state index contributed by atoms with van der Waals surface area (Å²) in [5.41, 5.74) is 4.26. The first-order valence-corrected chi connectivity index (χ1v) is 6.80. The summed E-state index contributed by atoms with van der Waals surface area (Å²) in [6.07, 6.45) is 6.95. The first-order chi connectivity index (χ1) is 8.81. The van der Waals surface area contributed by atoms with Gasteiger partial charge in [-0.15, -0.1) is 0 Å². The van der Waals surface area contributed by atoms with Crippen molar-refractivity contribution in [1.29, 1.82) is 0 Å². The van der Waals surface area contributed by atoms with Crippen molar-refractivity contribution in [2.24, 2.45) is 0 Å². The number of benzene rings is 1. The zero-order chi connectivity index (χ0) is 13.2. The van der Waals surface area contributed by atoms with E-state index in [4.69, 9.17) is 0 Å². The van der Waals surface area contributed by atoms with Gasteiger partial charge in [0.2, 0.25) is 0 Å². The summed E-state index contributed by atoms with van der Waals surface area (Å²) in [6, 6.07) is 8.71. The van der Waals surface area contributed by atoms with Gasteiger partial charge in [-0.1, -0.05) is 0 Å². The van der Waals surface area contributed by atoms with Crippen LogP contribution in [0.25, 0.3) is 0 Å². The van der Waals surface area contributed by atoms with E-state index in [0.29, 0.717) is 0 Å². The van der Waals surface area contributed by atoms with Crippen LogP contribution < -0.4 is 5.32 Å². The molecule has 0 aliphatic heterocycles. The molecule has 0 aromatic heterocycles. The normalized spacial score (nSPS) is 11.5. The van der Waals surface area contributed by atoms with Crippen molar-refractivity contribution >= 4 is 13.5 Å². The molecule has 1 aromatic rings. The number of nitrogens with one attached hydrogen (secondary N) is 1. The minimum absolute atomic E-state index is 0.961. The predicted octanol–water partition coefficient (Wildman–Crippen LogP) is 2.77. The Morgan fingerprint density at radius 1 is 1.22 bits per heavy atom. The number of unbranched alkanes of at least 4 members (excludes halogenated alkanes) is 1. The second kappa shape index (κ2) is 8.88. The molecule has 1 N–H and O–H groups in total. The first-order valence-electron chi connectivity index (χ1n) is 6.80. The Bertz CT molecular complexity index is 396. The Labute approximate surface area is 112 Å². The number of aryl methyl sites for hydroxylation is 1. The molecule has 0 aliphatic carbocycles. The molecule has 0 bridgehead atoms. The third-order valence-electron chi connectivity index (χ3n) is 3.28. The van der Waals surface area contributed by atoms with Gasteiger partial charge in [0.05, 0.1) is 0 Å².